The Labute approximate surface area is 109 Å². The van der Waals surface area contributed by atoms with Crippen LogP contribution in [0.25, 0.3) is 0 Å². The van der Waals surface area contributed by atoms with Gasteiger partial charge < -0.3 is 11.1 Å². The van der Waals surface area contributed by atoms with E-state index in [1.54, 1.807) is 29.2 Å². The molecular formula is C11H12ClN5O. The number of nitrogens with one attached hydrogen (secondary N) is 1. The van der Waals surface area contributed by atoms with Crippen molar-refractivity contribution in [3.63, 3.8) is 0 Å². The third-order valence-corrected chi connectivity index (χ3v) is 2.56. The van der Waals surface area contributed by atoms with Crippen LogP contribution in [0.2, 0.25) is 5.02 Å². The van der Waals surface area contributed by atoms with Crippen LogP contribution in [0, 0.1) is 0 Å². The minimum absolute atomic E-state index is 0.153. The van der Waals surface area contributed by atoms with Crippen LogP contribution in [-0.4, -0.2) is 20.7 Å². The minimum Gasteiger partial charge on any atom is -0.397 e. The Hall–Kier alpha value is -2.08. The molecule has 0 aliphatic carbocycles. The van der Waals surface area contributed by atoms with Crippen LogP contribution in [0.3, 0.4) is 0 Å². The molecule has 0 spiro atoms. The maximum Gasteiger partial charge on any atom is 0.226 e. The van der Waals surface area contributed by atoms with Crippen molar-refractivity contribution in [3.05, 3.63) is 35.9 Å². The van der Waals surface area contributed by atoms with E-state index in [-0.39, 0.29) is 12.3 Å². The first kappa shape index (κ1) is 12.4. The maximum atomic E-state index is 11.7. The highest BCUT2D eigenvalue weighted by molar-refractivity contribution is 6.31. The van der Waals surface area contributed by atoms with Crippen LogP contribution in [0.4, 0.5) is 11.4 Å². The molecule has 0 atom stereocenters. The molecule has 0 unspecified atom stereocenters. The summed E-state index contributed by atoms with van der Waals surface area (Å²) in [6.07, 6.45) is 3.27. The van der Waals surface area contributed by atoms with Crippen molar-refractivity contribution in [3.8, 4) is 0 Å². The summed E-state index contributed by atoms with van der Waals surface area (Å²) in [5, 5.41) is 7.13. The normalized spacial score (nSPS) is 10.3. The fourth-order valence-corrected chi connectivity index (χ4v) is 1.59. The molecule has 0 bridgehead atoms. The third kappa shape index (κ3) is 3.21. The molecule has 0 aliphatic heterocycles. The average Bonchev–Trinajstić information content (AvgIpc) is 2.84. The predicted molar refractivity (Wildman–Crippen MR) is 69.1 cm³/mol. The predicted octanol–water partition coefficient (Wildman–Crippen LogP) is 1.54. The molecule has 6 nitrogen and oxygen atoms in total. The monoisotopic (exact) mass is 265 g/mol. The number of carbonyl (C=O) groups is 1. The molecule has 0 radical (unpaired) electrons. The van der Waals surface area contributed by atoms with Crippen LogP contribution < -0.4 is 11.1 Å². The Morgan fingerprint density at radius 3 is 3.06 bits per heavy atom. The summed E-state index contributed by atoms with van der Waals surface area (Å²) >= 11 is 5.83. The summed E-state index contributed by atoms with van der Waals surface area (Å²) in [5.74, 6) is -0.153. The van der Waals surface area contributed by atoms with E-state index >= 15 is 0 Å². The highest BCUT2D eigenvalue weighted by atomic mass is 35.5. The molecule has 1 aromatic heterocycles. The number of hydrogen-bond donors (Lipinski definition) is 2. The number of benzene rings is 1. The van der Waals surface area contributed by atoms with E-state index in [0.29, 0.717) is 22.9 Å². The van der Waals surface area contributed by atoms with E-state index in [2.05, 4.69) is 15.4 Å². The summed E-state index contributed by atoms with van der Waals surface area (Å²) in [6, 6.07) is 4.93. The quantitative estimate of drug-likeness (QED) is 0.821. The van der Waals surface area contributed by atoms with Crippen LogP contribution >= 0.6 is 11.6 Å². The number of hydrogen-bond acceptors (Lipinski definition) is 4. The van der Waals surface area contributed by atoms with E-state index in [1.807, 2.05) is 0 Å². The zero-order valence-electron chi connectivity index (χ0n) is 9.51. The molecule has 7 heteroatoms. The smallest absolute Gasteiger partial charge is 0.226 e. The highest BCUT2D eigenvalue weighted by Crippen LogP contribution is 2.22. The number of rotatable bonds is 4. The number of amides is 1. The van der Waals surface area contributed by atoms with Crippen LogP contribution in [-0.2, 0) is 11.3 Å². The number of nitrogen functional groups attached to an aromatic ring is 1. The van der Waals surface area contributed by atoms with Crippen LogP contribution in [0.1, 0.15) is 6.42 Å². The van der Waals surface area contributed by atoms with Gasteiger partial charge in [0.2, 0.25) is 5.91 Å². The molecule has 94 valence electrons. The van der Waals surface area contributed by atoms with Crippen molar-refractivity contribution < 1.29 is 4.79 Å². The molecular weight excluding hydrogens is 254 g/mol. The molecule has 0 fully saturated rings. The molecule has 3 N–H and O–H groups in total. The number of nitrogens with zero attached hydrogens (tertiary/aromatic N) is 3. The van der Waals surface area contributed by atoms with E-state index in [4.69, 9.17) is 17.3 Å². The molecule has 2 aromatic rings. The van der Waals surface area contributed by atoms with Crippen molar-refractivity contribution >= 4 is 28.9 Å². The second-order valence-electron chi connectivity index (χ2n) is 3.69. The lowest BCUT2D eigenvalue weighted by Crippen LogP contribution is -2.15. The van der Waals surface area contributed by atoms with Crippen molar-refractivity contribution in [2.24, 2.45) is 0 Å². The molecule has 1 amide bonds. The van der Waals surface area contributed by atoms with Gasteiger partial charge in [-0.05, 0) is 18.2 Å². The molecule has 1 heterocycles. The summed E-state index contributed by atoms with van der Waals surface area (Å²) < 4.78 is 1.58. The minimum atomic E-state index is -0.153. The number of aromatic nitrogens is 3. The SMILES string of the molecule is Nc1ccc(Cl)cc1NC(=O)CCn1cncn1. The summed E-state index contributed by atoms with van der Waals surface area (Å²) in [6.45, 7) is 0.465. The topological polar surface area (TPSA) is 85.8 Å². The van der Waals surface area contributed by atoms with Crippen molar-refractivity contribution in [1.82, 2.24) is 14.8 Å². The molecule has 1 aromatic carbocycles. The van der Waals surface area contributed by atoms with Crippen LogP contribution in [0.15, 0.2) is 30.9 Å². The fraction of sp³-hybridized carbons (Fsp3) is 0.182. The highest BCUT2D eigenvalue weighted by Gasteiger charge is 2.06. The first-order chi connectivity index (χ1) is 8.65. The van der Waals surface area contributed by atoms with Gasteiger partial charge in [0, 0.05) is 11.4 Å². The molecule has 18 heavy (non-hydrogen) atoms. The largest absolute Gasteiger partial charge is 0.397 e. The Kier molecular flexibility index (Phi) is 3.78. The number of nitrogens with two attached hydrogens (primary N) is 1. The zero-order valence-corrected chi connectivity index (χ0v) is 10.3. The van der Waals surface area contributed by atoms with E-state index in [1.165, 1.54) is 6.33 Å². The van der Waals surface area contributed by atoms with Gasteiger partial charge in [-0.2, -0.15) is 5.10 Å². The van der Waals surface area contributed by atoms with Gasteiger partial charge in [0.1, 0.15) is 12.7 Å². The summed E-state index contributed by atoms with van der Waals surface area (Å²) in [5.41, 5.74) is 6.73. The Balaban J connectivity index is 1.92. The summed E-state index contributed by atoms with van der Waals surface area (Å²) in [7, 11) is 0. The Bertz CT molecular complexity index is 540. The lowest BCUT2D eigenvalue weighted by atomic mass is 10.2. The van der Waals surface area contributed by atoms with Gasteiger partial charge >= 0.3 is 0 Å². The molecule has 0 aliphatic rings. The second-order valence-corrected chi connectivity index (χ2v) is 4.12. The van der Waals surface area contributed by atoms with E-state index in [9.17, 15) is 4.79 Å². The first-order valence-electron chi connectivity index (χ1n) is 5.32. The Morgan fingerprint density at radius 2 is 2.33 bits per heavy atom. The fourth-order valence-electron chi connectivity index (χ4n) is 1.41. The standard InChI is InChI=1S/C11H12ClN5O/c12-8-1-2-9(13)10(5-8)16-11(18)3-4-17-7-14-6-15-17/h1-2,5-7H,3-4,13H2,(H,16,18). The van der Waals surface area contributed by atoms with Crippen molar-refractivity contribution in [2.75, 3.05) is 11.1 Å². The lowest BCUT2D eigenvalue weighted by molar-refractivity contribution is -0.116. The van der Waals surface area contributed by atoms with E-state index < -0.39 is 0 Å². The zero-order chi connectivity index (χ0) is 13.0. The van der Waals surface area contributed by atoms with Gasteiger partial charge in [0.05, 0.1) is 17.9 Å². The van der Waals surface area contributed by atoms with Gasteiger partial charge in [-0.3, -0.25) is 9.48 Å². The number of aryl methyl sites for hydroxylation is 1. The third-order valence-electron chi connectivity index (χ3n) is 2.32. The van der Waals surface area contributed by atoms with Gasteiger partial charge in [0.25, 0.3) is 0 Å². The molecule has 0 saturated carbocycles. The first-order valence-corrected chi connectivity index (χ1v) is 5.70. The lowest BCUT2D eigenvalue weighted by Gasteiger charge is -2.08. The van der Waals surface area contributed by atoms with Gasteiger partial charge in [-0.15, -0.1) is 0 Å². The Morgan fingerprint density at radius 1 is 1.50 bits per heavy atom. The molecule has 2 rings (SSSR count). The van der Waals surface area contributed by atoms with Gasteiger partial charge in [-0.25, -0.2) is 4.98 Å². The van der Waals surface area contributed by atoms with Crippen LogP contribution in [0.5, 0.6) is 0 Å². The second kappa shape index (κ2) is 5.50. The van der Waals surface area contributed by atoms with Gasteiger partial charge in [0.15, 0.2) is 0 Å². The average molecular weight is 266 g/mol. The summed E-state index contributed by atoms with van der Waals surface area (Å²) in [4.78, 5) is 15.5. The number of anilines is 2. The van der Waals surface area contributed by atoms with Crippen molar-refractivity contribution in [2.45, 2.75) is 13.0 Å². The number of carbonyl (C=O) groups excluding carboxylic acids is 1. The van der Waals surface area contributed by atoms with E-state index in [0.717, 1.165) is 0 Å². The van der Waals surface area contributed by atoms with Crippen molar-refractivity contribution in [1.29, 1.82) is 0 Å². The van der Waals surface area contributed by atoms with Gasteiger partial charge in [-0.1, -0.05) is 11.6 Å². The number of halogens is 1. The maximum absolute atomic E-state index is 11.7. The molecule has 0 saturated heterocycles.